The molecule has 0 bridgehead atoms. The maximum atomic E-state index is 11.6. The Morgan fingerprint density at radius 2 is 2.17 bits per heavy atom. The second-order valence-electron chi connectivity index (χ2n) is 3.58. The minimum Gasteiger partial charge on any atom is -0.492 e. The quantitative estimate of drug-likeness (QED) is 0.807. The molecule has 0 fully saturated rings. The molecule has 18 heavy (non-hydrogen) atoms. The van der Waals surface area contributed by atoms with Crippen LogP contribution in [0.4, 0.5) is 5.69 Å². The zero-order valence-electron chi connectivity index (χ0n) is 10.3. The summed E-state index contributed by atoms with van der Waals surface area (Å²) >= 11 is 0. The third-order valence-electron chi connectivity index (χ3n) is 2.15. The van der Waals surface area contributed by atoms with Gasteiger partial charge in [-0.3, -0.25) is 9.59 Å². The lowest BCUT2D eigenvalue weighted by Crippen LogP contribution is -2.09. The first-order chi connectivity index (χ1) is 8.58. The number of anilines is 1. The van der Waals surface area contributed by atoms with Crippen molar-refractivity contribution in [1.29, 1.82) is 5.26 Å². The van der Waals surface area contributed by atoms with E-state index in [1.54, 1.807) is 18.2 Å². The zero-order chi connectivity index (χ0) is 13.5. The average molecular weight is 246 g/mol. The highest BCUT2D eigenvalue weighted by Gasteiger charge is 2.11. The lowest BCUT2D eigenvalue weighted by atomic mass is 10.1. The smallest absolute Gasteiger partial charge is 0.221 e. The molecule has 0 aliphatic carbocycles. The molecule has 1 aromatic rings. The highest BCUT2D eigenvalue weighted by molar-refractivity contribution is 6.00. The summed E-state index contributed by atoms with van der Waals surface area (Å²) in [5.41, 5.74) is 0.817. The van der Waals surface area contributed by atoms with Crippen molar-refractivity contribution in [1.82, 2.24) is 0 Å². The first-order valence-electron chi connectivity index (χ1n) is 5.53. The minimum absolute atomic E-state index is 0.187. The van der Waals surface area contributed by atoms with Gasteiger partial charge in [0.25, 0.3) is 0 Å². The summed E-state index contributed by atoms with van der Waals surface area (Å²) in [4.78, 5) is 22.6. The molecule has 94 valence electrons. The Hall–Kier alpha value is -2.35. The van der Waals surface area contributed by atoms with E-state index in [1.165, 1.54) is 13.0 Å². The number of Topliss-reactive ketones (excluding diaryl/α,β-unsaturated/α-hetero) is 1. The number of carbonyl (C=O) groups is 2. The van der Waals surface area contributed by atoms with Crippen molar-refractivity contribution in [3.63, 3.8) is 0 Å². The molecule has 5 heteroatoms. The van der Waals surface area contributed by atoms with Crippen LogP contribution in [0.25, 0.3) is 0 Å². The highest BCUT2D eigenvalue weighted by atomic mass is 16.5. The minimum atomic E-state index is -0.285. The van der Waals surface area contributed by atoms with Gasteiger partial charge in [0.05, 0.1) is 24.8 Å². The van der Waals surface area contributed by atoms with Crippen LogP contribution >= 0.6 is 0 Å². The molecule has 1 rings (SSSR count). The number of hydrogen-bond donors (Lipinski definition) is 1. The standard InChI is InChI=1S/C13H14N2O3/c1-3-18-13-5-4-10(12(17)6-7-14)8-11(13)15-9(2)16/h4-5,8H,3,6H2,1-2H3,(H,15,16). The van der Waals surface area contributed by atoms with Gasteiger partial charge in [0, 0.05) is 12.5 Å². The lowest BCUT2D eigenvalue weighted by molar-refractivity contribution is -0.114. The van der Waals surface area contributed by atoms with Crippen molar-refractivity contribution in [2.45, 2.75) is 20.3 Å². The van der Waals surface area contributed by atoms with Crippen LogP contribution in [0.15, 0.2) is 18.2 Å². The van der Waals surface area contributed by atoms with E-state index in [2.05, 4.69) is 5.32 Å². The van der Waals surface area contributed by atoms with Crippen molar-refractivity contribution >= 4 is 17.4 Å². The molecule has 0 heterocycles. The Bertz CT molecular complexity index is 503. The van der Waals surface area contributed by atoms with Gasteiger partial charge in [0.15, 0.2) is 5.78 Å². The van der Waals surface area contributed by atoms with Crippen LogP contribution in [-0.2, 0) is 4.79 Å². The number of amides is 1. The average Bonchev–Trinajstić information content (AvgIpc) is 2.31. The molecular formula is C13H14N2O3. The molecule has 1 N–H and O–H groups in total. The topological polar surface area (TPSA) is 79.2 Å². The largest absolute Gasteiger partial charge is 0.492 e. The number of carbonyl (C=O) groups excluding carboxylic acids is 2. The van der Waals surface area contributed by atoms with Gasteiger partial charge in [0.1, 0.15) is 5.75 Å². The van der Waals surface area contributed by atoms with Crippen molar-refractivity contribution in [2.75, 3.05) is 11.9 Å². The maximum absolute atomic E-state index is 11.6. The van der Waals surface area contributed by atoms with Gasteiger partial charge in [-0.15, -0.1) is 0 Å². The molecule has 0 saturated heterocycles. The number of rotatable bonds is 5. The second kappa shape index (κ2) is 6.40. The number of hydrogen-bond acceptors (Lipinski definition) is 4. The fourth-order valence-corrected chi connectivity index (χ4v) is 1.45. The maximum Gasteiger partial charge on any atom is 0.221 e. The van der Waals surface area contributed by atoms with E-state index >= 15 is 0 Å². The Morgan fingerprint density at radius 1 is 1.44 bits per heavy atom. The summed E-state index contributed by atoms with van der Waals surface area (Å²) in [5, 5.41) is 11.1. The molecule has 1 amide bonds. The first kappa shape index (κ1) is 13.7. The van der Waals surface area contributed by atoms with E-state index in [0.717, 1.165) is 0 Å². The van der Waals surface area contributed by atoms with Crippen LogP contribution in [-0.4, -0.2) is 18.3 Å². The predicted octanol–water partition coefficient (Wildman–Crippen LogP) is 2.14. The van der Waals surface area contributed by atoms with Crippen LogP contribution in [0.5, 0.6) is 5.75 Å². The predicted molar refractivity (Wildman–Crippen MR) is 66.5 cm³/mol. The van der Waals surface area contributed by atoms with Crippen LogP contribution in [0, 0.1) is 11.3 Å². The number of nitrogens with one attached hydrogen (secondary N) is 1. The van der Waals surface area contributed by atoms with Crippen molar-refractivity contribution in [3.8, 4) is 11.8 Å². The fraction of sp³-hybridized carbons (Fsp3) is 0.308. The van der Waals surface area contributed by atoms with Gasteiger partial charge in [0.2, 0.25) is 5.91 Å². The summed E-state index contributed by atoms with van der Waals surface area (Å²) in [6.45, 7) is 3.66. The van der Waals surface area contributed by atoms with Crippen molar-refractivity contribution < 1.29 is 14.3 Å². The number of benzene rings is 1. The molecule has 5 nitrogen and oxygen atoms in total. The molecule has 0 spiro atoms. The van der Waals surface area contributed by atoms with Crippen LogP contribution in [0.2, 0.25) is 0 Å². The van der Waals surface area contributed by atoms with Gasteiger partial charge in [-0.2, -0.15) is 5.26 Å². The van der Waals surface area contributed by atoms with E-state index in [9.17, 15) is 9.59 Å². The first-order valence-corrected chi connectivity index (χ1v) is 5.53. The Kier molecular flexibility index (Phi) is 4.88. The SMILES string of the molecule is CCOc1ccc(C(=O)CC#N)cc1NC(C)=O. The third kappa shape index (κ3) is 3.59. The molecule has 0 atom stereocenters. The number of nitriles is 1. The summed E-state index contributed by atoms with van der Waals surface area (Å²) in [5.74, 6) is -0.0332. The summed E-state index contributed by atoms with van der Waals surface area (Å²) < 4.78 is 5.34. The summed E-state index contributed by atoms with van der Waals surface area (Å²) in [6, 6.07) is 6.51. The fourth-order valence-electron chi connectivity index (χ4n) is 1.45. The van der Waals surface area contributed by atoms with Gasteiger partial charge < -0.3 is 10.1 Å². The number of nitrogens with zero attached hydrogens (tertiary/aromatic N) is 1. The van der Waals surface area contributed by atoms with Crippen LogP contribution in [0.3, 0.4) is 0 Å². The molecular weight excluding hydrogens is 232 g/mol. The molecule has 0 aromatic heterocycles. The van der Waals surface area contributed by atoms with Crippen molar-refractivity contribution in [3.05, 3.63) is 23.8 Å². The van der Waals surface area contributed by atoms with Gasteiger partial charge >= 0.3 is 0 Å². The second-order valence-corrected chi connectivity index (χ2v) is 3.58. The molecule has 0 saturated carbocycles. The Balaban J connectivity index is 3.08. The van der Waals surface area contributed by atoms with E-state index in [-0.39, 0.29) is 18.1 Å². The van der Waals surface area contributed by atoms with E-state index in [1.807, 2.05) is 6.92 Å². The van der Waals surface area contributed by atoms with Gasteiger partial charge in [-0.05, 0) is 25.1 Å². The van der Waals surface area contributed by atoms with E-state index in [4.69, 9.17) is 10.00 Å². The number of ether oxygens (including phenoxy) is 1. The zero-order valence-corrected chi connectivity index (χ0v) is 10.3. The summed E-state index contributed by atoms with van der Waals surface area (Å²) in [6.07, 6.45) is -0.187. The lowest BCUT2D eigenvalue weighted by Gasteiger charge is -2.11. The van der Waals surface area contributed by atoms with Gasteiger partial charge in [-0.25, -0.2) is 0 Å². The van der Waals surface area contributed by atoms with Crippen molar-refractivity contribution in [2.24, 2.45) is 0 Å². The monoisotopic (exact) mass is 246 g/mol. The van der Waals surface area contributed by atoms with Gasteiger partial charge in [-0.1, -0.05) is 0 Å². The summed E-state index contributed by atoms with van der Waals surface area (Å²) in [7, 11) is 0. The molecule has 1 aromatic carbocycles. The van der Waals surface area contributed by atoms with E-state index < -0.39 is 0 Å². The number of ketones is 1. The Labute approximate surface area is 105 Å². The van der Waals surface area contributed by atoms with Crippen LogP contribution in [0.1, 0.15) is 30.6 Å². The molecule has 0 aliphatic rings. The molecule has 0 aliphatic heterocycles. The molecule has 0 radical (unpaired) electrons. The van der Waals surface area contributed by atoms with E-state index in [0.29, 0.717) is 23.6 Å². The van der Waals surface area contributed by atoms with Crippen LogP contribution < -0.4 is 10.1 Å². The molecule has 0 unspecified atom stereocenters. The highest BCUT2D eigenvalue weighted by Crippen LogP contribution is 2.26. The third-order valence-corrected chi connectivity index (χ3v) is 2.15. The Morgan fingerprint density at radius 3 is 2.72 bits per heavy atom. The normalized spacial score (nSPS) is 9.39.